The van der Waals surface area contributed by atoms with Crippen LogP contribution in [0.3, 0.4) is 0 Å². The van der Waals surface area contributed by atoms with Crippen molar-refractivity contribution in [3.05, 3.63) is 0 Å². The molecule has 0 aromatic carbocycles. The Morgan fingerprint density at radius 2 is 2.05 bits per heavy atom. The van der Waals surface area contributed by atoms with E-state index in [1.54, 1.807) is 0 Å². The molecule has 2 unspecified atom stereocenters. The first-order valence-electron chi connectivity index (χ1n) is 7.18. The SMILES string of the molecule is CC1CN(C)CCC1NC(=O)NC(C)(C)CCC(=O)O. The van der Waals surface area contributed by atoms with Crippen LogP contribution in [0, 0.1) is 5.92 Å². The average Bonchev–Trinajstić information content (AvgIpc) is 2.30. The van der Waals surface area contributed by atoms with E-state index < -0.39 is 11.5 Å². The molecule has 1 heterocycles. The second-order valence-electron chi connectivity index (χ2n) is 6.51. The van der Waals surface area contributed by atoms with Gasteiger partial charge in [0, 0.05) is 24.5 Å². The Labute approximate surface area is 120 Å². The molecule has 0 aliphatic carbocycles. The number of urea groups is 1. The Bertz CT molecular complexity index is 358. The van der Waals surface area contributed by atoms with Gasteiger partial charge in [-0.1, -0.05) is 6.92 Å². The van der Waals surface area contributed by atoms with E-state index in [0.29, 0.717) is 12.3 Å². The molecule has 0 saturated carbocycles. The van der Waals surface area contributed by atoms with Crippen LogP contribution >= 0.6 is 0 Å². The van der Waals surface area contributed by atoms with Crippen molar-refractivity contribution in [3.63, 3.8) is 0 Å². The molecular weight excluding hydrogens is 258 g/mol. The van der Waals surface area contributed by atoms with Gasteiger partial charge in [0.2, 0.25) is 0 Å². The highest BCUT2D eigenvalue weighted by molar-refractivity contribution is 5.75. The largest absolute Gasteiger partial charge is 0.481 e. The number of carbonyl (C=O) groups excluding carboxylic acids is 1. The van der Waals surface area contributed by atoms with E-state index in [0.717, 1.165) is 19.5 Å². The maximum atomic E-state index is 12.0. The second kappa shape index (κ2) is 6.92. The van der Waals surface area contributed by atoms with E-state index in [4.69, 9.17) is 5.11 Å². The van der Waals surface area contributed by atoms with Crippen molar-refractivity contribution < 1.29 is 14.7 Å². The van der Waals surface area contributed by atoms with Crippen molar-refractivity contribution in [2.75, 3.05) is 20.1 Å². The third-order valence-electron chi connectivity index (χ3n) is 3.84. The summed E-state index contributed by atoms with van der Waals surface area (Å²) < 4.78 is 0. The van der Waals surface area contributed by atoms with Gasteiger partial charge in [0.05, 0.1) is 0 Å². The summed E-state index contributed by atoms with van der Waals surface area (Å²) in [5.74, 6) is -0.425. The molecule has 0 radical (unpaired) electrons. The molecular formula is C14H27N3O3. The fourth-order valence-electron chi connectivity index (χ4n) is 2.56. The van der Waals surface area contributed by atoms with E-state index in [1.165, 1.54) is 0 Å². The molecule has 6 heteroatoms. The lowest BCUT2D eigenvalue weighted by atomic mass is 9.94. The quantitative estimate of drug-likeness (QED) is 0.710. The minimum absolute atomic E-state index is 0.0535. The lowest BCUT2D eigenvalue weighted by molar-refractivity contribution is -0.137. The molecule has 1 aliphatic rings. The number of likely N-dealkylation sites (tertiary alicyclic amines) is 1. The van der Waals surface area contributed by atoms with Crippen molar-refractivity contribution in [1.29, 1.82) is 0 Å². The first kappa shape index (κ1) is 16.8. The molecule has 1 rings (SSSR count). The molecule has 0 aromatic rings. The molecule has 20 heavy (non-hydrogen) atoms. The van der Waals surface area contributed by atoms with Gasteiger partial charge in [-0.2, -0.15) is 0 Å². The summed E-state index contributed by atoms with van der Waals surface area (Å²) in [5.41, 5.74) is -0.517. The standard InChI is InChI=1S/C14H27N3O3/c1-10-9-17(4)8-6-11(10)15-13(20)16-14(2,3)7-5-12(18)19/h10-11H,5-9H2,1-4H3,(H,18,19)(H2,15,16,20). The third-order valence-corrected chi connectivity index (χ3v) is 3.84. The highest BCUT2D eigenvalue weighted by atomic mass is 16.4. The topological polar surface area (TPSA) is 81.7 Å². The van der Waals surface area contributed by atoms with Crippen LogP contribution in [0.2, 0.25) is 0 Å². The van der Waals surface area contributed by atoms with Crippen molar-refractivity contribution in [1.82, 2.24) is 15.5 Å². The third kappa shape index (κ3) is 5.77. The molecule has 6 nitrogen and oxygen atoms in total. The molecule has 0 bridgehead atoms. The number of nitrogens with zero attached hydrogens (tertiary/aromatic N) is 1. The maximum Gasteiger partial charge on any atom is 0.315 e. The zero-order chi connectivity index (χ0) is 15.3. The van der Waals surface area contributed by atoms with Gasteiger partial charge in [-0.15, -0.1) is 0 Å². The molecule has 3 N–H and O–H groups in total. The van der Waals surface area contributed by atoms with Crippen molar-refractivity contribution >= 4 is 12.0 Å². The van der Waals surface area contributed by atoms with Gasteiger partial charge in [-0.05, 0) is 46.2 Å². The minimum atomic E-state index is -0.843. The average molecular weight is 285 g/mol. The summed E-state index contributed by atoms with van der Waals surface area (Å²) in [6.07, 6.45) is 1.41. The van der Waals surface area contributed by atoms with Crippen LogP contribution in [-0.4, -0.2) is 53.7 Å². The zero-order valence-electron chi connectivity index (χ0n) is 12.9. The normalized spacial score (nSPS) is 24.2. The number of amides is 2. The second-order valence-corrected chi connectivity index (χ2v) is 6.51. The Morgan fingerprint density at radius 1 is 1.40 bits per heavy atom. The molecule has 116 valence electrons. The Balaban J connectivity index is 2.40. The zero-order valence-corrected chi connectivity index (χ0v) is 12.9. The highest BCUT2D eigenvalue weighted by Crippen LogP contribution is 2.16. The smallest absolute Gasteiger partial charge is 0.315 e. The summed E-state index contributed by atoms with van der Waals surface area (Å²) >= 11 is 0. The Hall–Kier alpha value is -1.30. The van der Waals surface area contributed by atoms with Gasteiger partial charge in [0.1, 0.15) is 0 Å². The van der Waals surface area contributed by atoms with Crippen LogP contribution in [0.4, 0.5) is 4.79 Å². The van der Waals surface area contributed by atoms with E-state index in [-0.39, 0.29) is 18.5 Å². The van der Waals surface area contributed by atoms with Gasteiger partial charge in [0.15, 0.2) is 0 Å². The Kier molecular flexibility index (Phi) is 5.80. The van der Waals surface area contributed by atoms with Crippen LogP contribution < -0.4 is 10.6 Å². The summed E-state index contributed by atoms with van der Waals surface area (Å²) in [6, 6.07) is -0.0248. The van der Waals surface area contributed by atoms with Gasteiger partial charge < -0.3 is 20.6 Å². The van der Waals surface area contributed by atoms with Crippen LogP contribution in [-0.2, 0) is 4.79 Å². The number of hydrogen-bond acceptors (Lipinski definition) is 3. The number of piperidine rings is 1. The molecule has 1 saturated heterocycles. The van der Waals surface area contributed by atoms with Gasteiger partial charge in [0.25, 0.3) is 0 Å². The molecule has 0 aromatic heterocycles. The number of carboxylic acids is 1. The number of aliphatic carboxylic acids is 1. The van der Waals surface area contributed by atoms with E-state index in [2.05, 4.69) is 29.5 Å². The van der Waals surface area contributed by atoms with E-state index in [9.17, 15) is 9.59 Å². The lowest BCUT2D eigenvalue weighted by Crippen LogP contribution is -2.55. The number of hydrogen-bond donors (Lipinski definition) is 3. The van der Waals surface area contributed by atoms with E-state index in [1.807, 2.05) is 13.8 Å². The number of carboxylic acid groups (broad SMARTS) is 1. The van der Waals surface area contributed by atoms with Crippen molar-refractivity contribution in [3.8, 4) is 0 Å². The van der Waals surface area contributed by atoms with Crippen LogP contribution in [0.5, 0.6) is 0 Å². The fourth-order valence-corrected chi connectivity index (χ4v) is 2.56. The highest BCUT2D eigenvalue weighted by Gasteiger charge is 2.27. The molecule has 0 spiro atoms. The minimum Gasteiger partial charge on any atom is -0.481 e. The van der Waals surface area contributed by atoms with Gasteiger partial charge in [-0.3, -0.25) is 4.79 Å². The van der Waals surface area contributed by atoms with Crippen molar-refractivity contribution in [2.24, 2.45) is 5.92 Å². The predicted molar refractivity (Wildman–Crippen MR) is 77.7 cm³/mol. The van der Waals surface area contributed by atoms with E-state index >= 15 is 0 Å². The number of rotatable bonds is 5. The van der Waals surface area contributed by atoms with Gasteiger partial charge >= 0.3 is 12.0 Å². The first-order valence-corrected chi connectivity index (χ1v) is 7.18. The maximum absolute atomic E-state index is 12.0. The van der Waals surface area contributed by atoms with Crippen LogP contribution in [0.25, 0.3) is 0 Å². The Morgan fingerprint density at radius 3 is 2.60 bits per heavy atom. The lowest BCUT2D eigenvalue weighted by Gasteiger charge is -2.36. The van der Waals surface area contributed by atoms with Crippen molar-refractivity contribution in [2.45, 2.75) is 51.6 Å². The summed E-state index contributed by atoms with van der Waals surface area (Å²) in [4.78, 5) is 24.9. The van der Waals surface area contributed by atoms with Crippen LogP contribution in [0.1, 0.15) is 40.0 Å². The number of nitrogens with one attached hydrogen (secondary N) is 2. The summed E-state index contributed by atoms with van der Waals surface area (Å²) in [6.45, 7) is 7.78. The molecule has 1 fully saturated rings. The molecule has 1 aliphatic heterocycles. The van der Waals surface area contributed by atoms with Gasteiger partial charge in [-0.25, -0.2) is 4.79 Å². The summed E-state index contributed by atoms with van der Waals surface area (Å²) in [7, 11) is 2.09. The number of carbonyl (C=O) groups is 2. The molecule has 2 amide bonds. The first-order chi connectivity index (χ1) is 9.19. The predicted octanol–water partition coefficient (Wildman–Crippen LogP) is 1.27. The van der Waals surface area contributed by atoms with Crippen LogP contribution in [0.15, 0.2) is 0 Å². The summed E-state index contributed by atoms with van der Waals surface area (Å²) in [5, 5.41) is 14.6. The fraction of sp³-hybridized carbons (Fsp3) is 0.857. The molecule has 2 atom stereocenters. The monoisotopic (exact) mass is 285 g/mol.